The molecule has 0 radical (unpaired) electrons. The van der Waals surface area contributed by atoms with E-state index in [2.05, 4.69) is 5.32 Å². The predicted molar refractivity (Wildman–Crippen MR) is 127 cm³/mol. The van der Waals surface area contributed by atoms with Crippen LogP contribution in [0.25, 0.3) is 0 Å². The molecule has 2 amide bonds. The number of halogens is 1. The fraction of sp³-hybridized carbons (Fsp3) is 0.364. The molecule has 0 aliphatic carbocycles. The van der Waals surface area contributed by atoms with Gasteiger partial charge in [-0.15, -0.1) is 0 Å². The van der Waals surface area contributed by atoms with Crippen molar-refractivity contribution in [2.24, 2.45) is 0 Å². The molecule has 33 heavy (non-hydrogen) atoms. The van der Waals surface area contributed by atoms with Gasteiger partial charge in [-0.3, -0.25) is 9.59 Å². The molecule has 9 nitrogen and oxygen atoms in total. The van der Waals surface area contributed by atoms with E-state index in [1.807, 2.05) is 4.90 Å². The van der Waals surface area contributed by atoms with Gasteiger partial charge in [0.15, 0.2) is 0 Å². The zero-order chi connectivity index (χ0) is 24.2. The average Bonchev–Trinajstić information content (AvgIpc) is 2.80. The smallest absolute Gasteiger partial charge is 0.256 e. The molecule has 0 saturated carbocycles. The second kappa shape index (κ2) is 10.5. The Morgan fingerprint density at radius 1 is 1.09 bits per heavy atom. The Balaban J connectivity index is 1.88. The summed E-state index contributed by atoms with van der Waals surface area (Å²) >= 11 is 6.08. The van der Waals surface area contributed by atoms with Crippen LogP contribution in [-0.4, -0.2) is 83.4 Å². The maximum Gasteiger partial charge on any atom is 0.256 e. The first-order valence-corrected chi connectivity index (χ1v) is 12.1. The number of anilines is 2. The monoisotopic (exact) mass is 494 g/mol. The van der Waals surface area contributed by atoms with E-state index in [1.54, 1.807) is 30.3 Å². The molecular weight excluding hydrogens is 468 g/mol. The number of hydrogen-bond acceptors (Lipinski definition) is 6. The van der Waals surface area contributed by atoms with Gasteiger partial charge in [-0.05, 0) is 30.3 Å². The first-order valence-electron chi connectivity index (χ1n) is 10.3. The van der Waals surface area contributed by atoms with Crippen molar-refractivity contribution >= 4 is 44.8 Å². The first kappa shape index (κ1) is 25.0. The lowest BCUT2D eigenvalue weighted by atomic mass is 10.1. The summed E-state index contributed by atoms with van der Waals surface area (Å²) in [4.78, 5) is 29.1. The van der Waals surface area contributed by atoms with Crippen LogP contribution in [0.4, 0.5) is 11.4 Å². The number of nitrogens with one attached hydrogen (secondary N) is 1. The molecule has 178 valence electrons. The van der Waals surface area contributed by atoms with Gasteiger partial charge in [0, 0.05) is 39.9 Å². The third-order valence-electron chi connectivity index (χ3n) is 5.20. The third kappa shape index (κ3) is 5.83. The van der Waals surface area contributed by atoms with Gasteiger partial charge in [-0.1, -0.05) is 23.7 Å². The Bertz CT molecular complexity index is 1130. The lowest BCUT2D eigenvalue weighted by Crippen LogP contribution is -2.39. The molecule has 1 aliphatic heterocycles. The minimum absolute atomic E-state index is 0.00165. The number of morpholine rings is 1. The largest absolute Gasteiger partial charge is 0.378 e. The summed E-state index contributed by atoms with van der Waals surface area (Å²) in [5.41, 5.74) is 1.24. The molecule has 0 atom stereocenters. The third-order valence-corrected chi connectivity index (χ3v) is 7.34. The van der Waals surface area contributed by atoms with Gasteiger partial charge < -0.3 is 19.9 Å². The number of para-hydroxylation sites is 1. The summed E-state index contributed by atoms with van der Waals surface area (Å²) in [6, 6.07) is 11.3. The van der Waals surface area contributed by atoms with E-state index < -0.39 is 21.8 Å². The summed E-state index contributed by atoms with van der Waals surface area (Å²) in [5, 5.41) is 3.07. The summed E-state index contributed by atoms with van der Waals surface area (Å²) in [6.07, 6.45) is 0. The zero-order valence-corrected chi connectivity index (χ0v) is 20.3. The van der Waals surface area contributed by atoms with Crippen molar-refractivity contribution in [3.63, 3.8) is 0 Å². The van der Waals surface area contributed by atoms with Crippen molar-refractivity contribution in [2.75, 3.05) is 64.2 Å². The quantitative estimate of drug-likeness (QED) is 0.633. The standard InChI is InChI=1S/C22H27ClN4O5S/c1-25(2)33(30,31)16-8-9-20(27-10-12-32-13-11-27)17(14-16)22(29)26(3)15-21(28)24-19-7-5-4-6-18(19)23/h4-9,14H,10-13,15H2,1-3H3,(H,24,28). The number of ether oxygens (including phenoxy) is 1. The summed E-state index contributed by atoms with van der Waals surface area (Å²) in [6.45, 7) is 1.90. The molecule has 0 spiro atoms. The molecule has 2 aromatic carbocycles. The van der Waals surface area contributed by atoms with Crippen LogP contribution in [-0.2, 0) is 19.6 Å². The molecule has 1 aliphatic rings. The number of likely N-dealkylation sites (N-methyl/N-ethyl adjacent to an activating group) is 1. The van der Waals surface area contributed by atoms with Crippen LogP contribution < -0.4 is 10.2 Å². The van der Waals surface area contributed by atoms with Crippen molar-refractivity contribution in [3.8, 4) is 0 Å². The van der Waals surface area contributed by atoms with Gasteiger partial charge in [0.1, 0.15) is 0 Å². The van der Waals surface area contributed by atoms with Crippen LogP contribution in [0.1, 0.15) is 10.4 Å². The summed E-state index contributed by atoms with van der Waals surface area (Å²) < 4.78 is 31.8. The van der Waals surface area contributed by atoms with Crippen molar-refractivity contribution in [1.29, 1.82) is 0 Å². The molecule has 0 aromatic heterocycles. The highest BCUT2D eigenvalue weighted by atomic mass is 35.5. The number of nitrogens with zero attached hydrogens (tertiary/aromatic N) is 3. The highest BCUT2D eigenvalue weighted by molar-refractivity contribution is 7.89. The Morgan fingerprint density at radius 3 is 2.39 bits per heavy atom. The fourth-order valence-corrected chi connectivity index (χ4v) is 4.49. The van der Waals surface area contributed by atoms with E-state index >= 15 is 0 Å². The minimum Gasteiger partial charge on any atom is -0.378 e. The SMILES string of the molecule is CN(CC(=O)Nc1ccccc1Cl)C(=O)c1cc(S(=O)(=O)N(C)C)ccc1N1CCOCC1. The van der Waals surface area contributed by atoms with E-state index in [0.29, 0.717) is 42.7 Å². The van der Waals surface area contributed by atoms with Gasteiger partial charge in [0.2, 0.25) is 15.9 Å². The highest BCUT2D eigenvalue weighted by Crippen LogP contribution is 2.27. The number of carbonyl (C=O) groups excluding carboxylic acids is 2. The van der Waals surface area contributed by atoms with Crippen molar-refractivity contribution < 1.29 is 22.7 Å². The Hall–Kier alpha value is -2.66. The Kier molecular flexibility index (Phi) is 7.96. The molecule has 1 heterocycles. The molecule has 1 N–H and O–H groups in total. The topological polar surface area (TPSA) is 99.3 Å². The molecule has 2 aromatic rings. The van der Waals surface area contributed by atoms with Crippen LogP contribution in [0, 0.1) is 0 Å². The fourth-order valence-electron chi connectivity index (χ4n) is 3.38. The average molecular weight is 495 g/mol. The molecule has 3 rings (SSSR count). The first-order chi connectivity index (χ1) is 15.6. The lowest BCUT2D eigenvalue weighted by molar-refractivity contribution is -0.116. The van der Waals surface area contributed by atoms with Crippen molar-refractivity contribution in [2.45, 2.75) is 4.90 Å². The van der Waals surface area contributed by atoms with Crippen molar-refractivity contribution in [1.82, 2.24) is 9.21 Å². The normalized spacial score (nSPS) is 14.3. The van der Waals surface area contributed by atoms with E-state index in [9.17, 15) is 18.0 Å². The van der Waals surface area contributed by atoms with Crippen LogP contribution >= 0.6 is 11.6 Å². The number of sulfonamides is 1. The van der Waals surface area contributed by atoms with Crippen molar-refractivity contribution in [3.05, 3.63) is 53.1 Å². The van der Waals surface area contributed by atoms with E-state index in [-0.39, 0.29) is 17.0 Å². The summed E-state index contributed by atoms with van der Waals surface area (Å²) in [5.74, 6) is -0.898. The second-order valence-electron chi connectivity index (χ2n) is 7.76. The van der Waals surface area contributed by atoms with Crippen LogP contribution in [0.15, 0.2) is 47.4 Å². The van der Waals surface area contributed by atoms with Gasteiger partial charge in [-0.2, -0.15) is 0 Å². The Morgan fingerprint density at radius 2 is 1.76 bits per heavy atom. The predicted octanol–water partition coefficient (Wildman–Crippen LogP) is 2.14. The molecule has 11 heteroatoms. The van der Waals surface area contributed by atoms with Crippen LogP contribution in [0.2, 0.25) is 5.02 Å². The molecule has 0 bridgehead atoms. The van der Waals surface area contributed by atoms with Gasteiger partial charge >= 0.3 is 0 Å². The number of hydrogen-bond donors (Lipinski definition) is 1. The maximum absolute atomic E-state index is 13.4. The van der Waals surface area contributed by atoms with Crippen LogP contribution in [0.3, 0.4) is 0 Å². The van der Waals surface area contributed by atoms with Gasteiger partial charge in [0.05, 0.1) is 40.9 Å². The van der Waals surface area contributed by atoms with E-state index in [1.165, 1.54) is 38.2 Å². The molecular formula is C22H27ClN4O5S. The van der Waals surface area contributed by atoms with Crippen LogP contribution in [0.5, 0.6) is 0 Å². The lowest BCUT2D eigenvalue weighted by Gasteiger charge is -2.31. The highest BCUT2D eigenvalue weighted by Gasteiger charge is 2.26. The molecule has 1 fully saturated rings. The summed E-state index contributed by atoms with van der Waals surface area (Å²) in [7, 11) is 0.599. The van der Waals surface area contributed by atoms with E-state index in [4.69, 9.17) is 16.3 Å². The molecule has 0 unspecified atom stereocenters. The second-order valence-corrected chi connectivity index (χ2v) is 10.3. The zero-order valence-electron chi connectivity index (χ0n) is 18.7. The van der Waals surface area contributed by atoms with E-state index in [0.717, 1.165) is 4.31 Å². The van der Waals surface area contributed by atoms with Gasteiger partial charge in [0.25, 0.3) is 5.91 Å². The maximum atomic E-state index is 13.4. The number of rotatable bonds is 7. The number of amides is 2. The Labute approximate surface area is 198 Å². The number of benzene rings is 2. The number of carbonyl (C=O) groups is 2. The van der Waals surface area contributed by atoms with Gasteiger partial charge in [-0.25, -0.2) is 12.7 Å². The molecule has 1 saturated heterocycles. The minimum atomic E-state index is -3.75.